The Labute approximate surface area is 345 Å². The van der Waals surface area contributed by atoms with Crippen LogP contribution in [0, 0.1) is 11.8 Å². The second-order valence-corrected chi connectivity index (χ2v) is 14.7. The second kappa shape index (κ2) is 25.7. The van der Waals surface area contributed by atoms with Gasteiger partial charge in [-0.3, -0.25) is 38.4 Å². The maximum Gasteiger partial charge on any atom is 0.305 e. The molecule has 23 nitrogen and oxygen atoms in total. The van der Waals surface area contributed by atoms with Gasteiger partial charge in [-0.25, -0.2) is 0 Å². The number of nitrogens with one attached hydrogen (secondary N) is 7. The van der Waals surface area contributed by atoms with E-state index >= 15 is 0 Å². The zero-order chi connectivity index (χ0) is 45.9. The van der Waals surface area contributed by atoms with E-state index in [0.29, 0.717) is 11.8 Å². The molecule has 0 aliphatic heterocycles. The van der Waals surface area contributed by atoms with Crippen LogP contribution in [0.25, 0.3) is 0 Å². The van der Waals surface area contributed by atoms with Crippen molar-refractivity contribution in [1.29, 1.82) is 0 Å². The predicted octanol–water partition coefficient (Wildman–Crippen LogP) is -5.61. The first-order valence-corrected chi connectivity index (χ1v) is 18.9. The van der Waals surface area contributed by atoms with Crippen molar-refractivity contribution in [3.8, 4) is 5.75 Å². The van der Waals surface area contributed by atoms with Gasteiger partial charge in [0.25, 0.3) is 0 Å². The number of phenolic OH excluding ortho intramolecular Hbond substituents is 1. The summed E-state index contributed by atoms with van der Waals surface area (Å²) < 4.78 is 0. The van der Waals surface area contributed by atoms with Gasteiger partial charge in [-0.2, -0.15) is 0 Å². The molecule has 1 aromatic carbocycles. The monoisotopic (exact) mass is 854 g/mol. The van der Waals surface area contributed by atoms with E-state index in [1.165, 1.54) is 45.0 Å². The number of carboxylic acid groups (broad SMARTS) is 1. The summed E-state index contributed by atoms with van der Waals surface area (Å²) in [5.74, 6) is -10.1. The van der Waals surface area contributed by atoms with Crippen LogP contribution >= 0.6 is 0 Å². The van der Waals surface area contributed by atoms with Crippen LogP contribution in [0.4, 0.5) is 0 Å². The lowest BCUT2D eigenvalue weighted by Gasteiger charge is -2.28. The Kier molecular flexibility index (Phi) is 22.4. The smallest absolute Gasteiger partial charge is 0.305 e. The Bertz CT molecular complexity index is 1640. The summed E-state index contributed by atoms with van der Waals surface area (Å²) in [7, 11) is 0. The number of aromatic hydroxyl groups is 1. The Balaban J connectivity index is 3.16. The summed E-state index contributed by atoms with van der Waals surface area (Å²) in [4.78, 5) is 115. The molecule has 1 aromatic rings. The number of carbonyl (C=O) groups excluding carboxylic acids is 8. The van der Waals surface area contributed by atoms with Crippen molar-refractivity contribution in [2.75, 3.05) is 19.8 Å². The Morgan fingerprint density at radius 2 is 1.03 bits per heavy atom. The van der Waals surface area contributed by atoms with Crippen molar-refractivity contribution in [2.45, 2.75) is 108 Å². The summed E-state index contributed by atoms with van der Waals surface area (Å²) in [5.41, 5.74) is 6.01. The highest BCUT2D eigenvalue weighted by Crippen LogP contribution is 2.13. The second-order valence-electron chi connectivity index (χ2n) is 14.7. The van der Waals surface area contributed by atoms with E-state index in [1.807, 2.05) is 13.8 Å². The van der Waals surface area contributed by atoms with Crippen LogP contribution in [0.2, 0.25) is 0 Å². The average molecular weight is 855 g/mol. The molecule has 0 unspecified atom stereocenters. The third kappa shape index (κ3) is 17.6. The van der Waals surface area contributed by atoms with Crippen molar-refractivity contribution in [3.63, 3.8) is 0 Å². The summed E-state index contributed by atoms with van der Waals surface area (Å²) >= 11 is 0. The van der Waals surface area contributed by atoms with Gasteiger partial charge in [0.1, 0.15) is 54.3 Å². The first-order chi connectivity index (χ1) is 28.1. The Morgan fingerprint density at radius 3 is 1.45 bits per heavy atom. The van der Waals surface area contributed by atoms with Gasteiger partial charge >= 0.3 is 5.97 Å². The first-order valence-electron chi connectivity index (χ1n) is 18.9. The number of hydrogen-bond acceptors (Lipinski definition) is 15. The van der Waals surface area contributed by atoms with Crippen LogP contribution in [-0.4, -0.2) is 159 Å². The Hall–Kier alpha value is -5.75. The van der Waals surface area contributed by atoms with Crippen LogP contribution in [-0.2, 0) is 49.6 Å². The number of nitrogens with two attached hydrogens (primary N) is 1. The standard InChI is InChI=1S/C37H58N8O15/c1-17(2)10-21(13-46)39-31(54)23(11-20-6-8-22(51)9-7-20)40-33(56)25(14-47)42-35(58)27(16-49)44-37(60)30(18(3)4)45-32(55)24(12-28(52)53)41-34(57)26(15-48)43-36(59)29(38)19(5)50/h6-9,13,17-19,21,23-27,29-30,47-51H,10-12,14-16,38H2,1-5H3,(H,39,54)(H,40,56)(H,41,57)(H,42,58)(H,43,59)(H,44,60)(H,45,55)(H,52,53)/t19-,21+,23+,24+,25+,26+,27+,29+,30+/m1/s1. The molecular formula is C37H58N8O15. The fourth-order valence-electron chi connectivity index (χ4n) is 5.34. The van der Waals surface area contributed by atoms with Gasteiger partial charge in [-0.15, -0.1) is 0 Å². The van der Waals surface area contributed by atoms with E-state index in [-0.39, 0.29) is 24.5 Å². The molecule has 15 N–H and O–H groups in total. The van der Waals surface area contributed by atoms with Gasteiger partial charge in [-0.05, 0) is 42.9 Å². The summed E-state index contributed by atoms with van der Waals surface area (Å²) in [5, 5.41) is 74.0. The predicted molar refractivity (Wildman–Crippen MR) is 209 cm³/mol. The topological polar surface area (TPSA) is 385 Å². The molecule has 0 heterocycles. The molecule has 0 saturated carbocycles. The molecule has 23 heteroatoms. The maximum absolute atomic E-state index is 13.4. The number of aliphatic hydroxyl groups excluding tert-OH is 4. The molecule has 9 atom stereocenters. The highest BCUT2D eigenvalue weighted by molar-refractivity contribution is 5.98. The molecule has 0 aromatic heterocycles. The average Bonchev–Trinajstić information content (AvgIpc) is 3.18. The number of carbonyl (C=O) groups is 9. The van der Waals surface area contributed by atoms with Crippen molar-refractivity contribution in [1.82, 2.24) is 37.2 Å². The molecule has 1 rings (SSSR count). The minimum absolute atomic E-state index is 0.0176. The molecule has 0 spiro atoms. The lowest BCUT2D eigenvalue weighted by Crippen LogP contribution is -2.62. The minimum atomic E-state index is -1.89. The molecular weight excluding hydrogens is 796 g/mol. The fourth-order valence-corrected chi connectivity index (χ4v) is 5.34. The van der Waals surface area contributed by atoms with Crippen molar-refractivity contribution in [2.24, 2.45) is 17.6 Å². The lowest BCUT2D eigenvalue weighted by molar-refractivity contribution is -0.142. The lowest BCUT2D eigenvalue weighted by atomic mass is 10.0. The van der Waals surface area contributed by atoms with Gasteiger partial charge in [0.2, 0.25) is 41.4 Å². The van der Waals surface area contributed by atoms with E-state index in [1.54, 1.807) is 0 Å². The number of amides is 7. The van der Waals surface area contributed by atoms with Crippen LogP contribution in [0.5, 0.6) is 5.75 Å². The number of aliphatic carboxylic acids is 1. The summed E-state index contributed by atoms with van der Waals surface area (Å²) in [6, 6.07) is -6.86. The van der Waals surface area contributed by atoms with Crippen LogP contribution in [0.15, 0.2) is 24.3 Å². The molecule has 0 radical (unpaired) electrons. The quantitative estimate of drug-likeness (QED) is 0.0386. The number of rotatable bonds is 26. The van der Waals surface area contributed by atoms with Gasteiger partial charge in [0, 0.05) is 6.42 Å². The zero-order valence-corrected chi connectivity index (χ0v) is 33.9. The Morgan fingerprint density at radius 1 is 0.617 bits per heavy atom. The van der Waals surface area contributed by atoms with Crippen molar-refractivity contribution < 1.29 is 73.8 Å². The summed E-state index contributed by atoms with van der Waals surface area (Å²) in [6.45, 7) is 4.61. The van der Waals surface area contributed by atoms with Crippen LogP contribution < -0.4 is 43.0 Å². The molecule has 7 amide bonds. The van der Waals surface area contributed by atoms with E-state index < -0.39 is 134 Å². The molecule has 0 saturated heterocycles. The highest BCUT2D eigenvalue weighted by atomic mass is 16.4. The van der Waals surface area contributed by atoms with E-state index in [4.69, 9.17) is 5.73 Å². The van der Waals surface area contributed by atoms with Gasteiger partial charge in [-0.1, -0.05) is 39.8 Å². The number of carboxylic acids is 1. The van der Waals surface area contributed by atoms with Gasteiger partial charge < -0.3 is 78.4 Å². The maximum atomic E-state index is 13.4. The normalized spacial score (nSPS) is 15.7. The zero-order valence-electron chi connectivity index (χ0n) is 33.9. The molecule has 60 heavy (non-hydrogen) atoms. The third-order valence-corrected chi connectivity index (χ3v) is 8.75. The highest BCUT2D eigenvalue weighted by Gasteiger charge is 2.35. The number of phenols is 1. The molecule has 0 aliphatic rings. The first kappa shape index (κ1) is 52.3. The van der Waals surface area contributed by atoms with E-state index in [2.05, 4.69) is 37.2 Å². The van der Waals surface area contributed by atoms with Gasteiger partial charge in [0.05, 0.1) is 38.4 Å². The minimum Gasteiger partial charge on any atom is -0.508 e. The van der Waals surface area contributed by atoms with Crippen LogP contribution in [0.1, 0.15) is 53.0 Å². The van der Waals surface area contributed by atoms with Crippen molar-refractivity contribution >= 4 is 53.6 Å². The number of aldehydes is 1. The molecule has 0 bridgehead atoms. The number of aliphatic hydroxyl groups is 4. The van der Waals surface area contributed by atoms with Gasteiger partial charge in [0.15, 0.2) is 0 Å². The SMILES string of the molecule is CC(C)C[C@@H](C=O)NC(=O)[C@H](Cc1ccc(O)cc1)NC(=O)[C@H](CO)NC(=O)[C@H](CO)NC(=O)[C@@H](NC(=O)[C@H](CC(=O)O)NC(=O)[C@H](CO)NC(=O)[C@@H](N)[C@@H](C)O)C(C)C. The number of hydrogen-bond donors (Lipinski definition) is 14. The van der Waals surface area contributed by atoms with E-state index in [0.717, 1.165) is 0 Å². The largest absolute Gasteiger partial charge is 0.508 e. The molecule has 0 aliphatic carbocycles. The fraction of sp³-hybridized carbons (Fsp3) is 0.595. The molecule has 336 valence electrons. The number of benzene rings is 1. The van der Waals surface area contributed by atoms with Crippen LogP contribution in [0.3, 0.4) is 0 Å². The molecule has 0 fully saturated rings. The van der Waals surface area contributed by atoms with E-state index in [9.17, 15) is 73.8 Å². The summed E-state index contributed by atoms with van der Waals surface area (Å²) in [6.07, 6.45) is -1.71. The third-order valence-electron chi connectivity index (χ3n) is 8.75. The van der Waals surface area contributed by atoms with Crippen molar-refractivity contribution in [3.05, 3.63) is 29.8 Å².